The Balaban J connectivity index is 1.31. The van der Waals surface area contributed by atoms with Crippen molar-refractivity contribution in [1.29, 1.82) is 0 Å². The summed E-state index contributed by atoms with van der Waals surface area (Å²) in [6, 6.07) is 15.7. The number of carbonyl (C=O) groups is 1. The second-order valence-corrected chi connectivity index (χ2v) is 9.47. The molecule has 1 atom stereocenters. The van der Waals surface area contributed by atoms with Crippen LogP contribution in [0, 0.1) is 0 Å². The Morgan fingerprint density at radius 1 is 1.06 bits per heavy atom. The van der Waals surface area contributed by atoms with E-state index in [0.29, 0.717) is 22.9 Å². The summed E-state index contributed by atoms with van der Waals surface area (Å²) in [6.07, 6.45) is 7.04. The average molecular weight is 509 g/mol. The summed E-state index contributed by atoms with van der Waals surface area (Å²) < 4.78 is 7.87. The summed E-state index contributed by atoms with van der Waals surface area (Å²) in [6.45, 7) is 1.01. The third-order valence-electron chi connectivity index (χ3n) is 6.23. The van der Waals surface area contributed by atoms with Crippen molar-refractivity contribution < 1.29 is 9.53 Å². The van der Waals surface area contributed by atoms with Crippen LogP contribution in [-0.4, -0.2) is 27.3 Å². The van der Waals surface area contributed by atoms with E-state index < -0.39 is 0 Å². The quantitative estimate of drug-likeness (QED) is 0.308. The number of aromatic nitrogens is 3. The fourth-order valence-corrected chi connectivity index (χ4v) is 4.75. The van der Waals surface area contributed by atoms with E-state index in [2.05, 4.69) is 10.3 Å². The van der Waals surface area contributed by atoms with E-state index in [-0.39, 0.29) is 18.7 Å². The molecular weight excluding hydrogens is 483 g/mol. The third-order valence-corrected chi connectivity index (χ3v) is 6.78. The van der Waals surface area contributed by atoms with Gasteiger partial charge in [-0.25, -0.2) is 4.68 Å². The monoisotopic (exact) mass is 508 g/mol. The molecule has 1 aliphatic rings. The molecule has 4 aromatic rings. The van der Waals surface area contributed by atoms with Gasteiger partial charge >= 0.3 is 0 Å². The van der Waals surface area contributed by atoms with Gasteiger partial charge in [-0.1, -0.05) is 35.9 Å². The maximum absolute atomic E-state index is 13.0. The molecule has 1 saturated heterocycles. The topological polar surface area (TPSA) is 69.0 Å². The zero-order valence-corrected chi connectivity index (χ0v) is 20.7. The average Bonchev–Trinajstić information content (AvgIpc) is 3.26. The van der Waals surface area contributed by atoms with Crippen molar-refractivity contribution >= 4 is 40.0 Å². The summed E-state index contributed by atoms with van der Waals surface area (Å²) >= 11 is 12.2. The summed E-state index contributed by atoms with van der Waals surface area (Å²) in [7, 11) is 0. The van der Waals surface area contributed by atoms with Crippen LogP contribution in [0.5, 0.6) is 0 Å². The van der Waals surface area contributed by atoms with Gasteiger partial charge in [0.25, 0.3) is 5.91 Å². The molecule has 2 aromatic heterocycles. The molecule has 0 aliphatic carbocycles. The Hall–Kier alpha value is -2.93. The van der Waals surface area contributed by atoms with E-state index in [1.807, 2.05) is 53.2 Å². The molecule has 1 amide bonds. The van der Waals surface area contributed by atoms with Crippen molar-refractivity contribution in [3.8, 4) is 0 Å². The third kappa shape index (κ3) is 5.50. The van der Waals surface area contributed by atoms with Gasteiger partial charge in [0.1, 0.15) is 0 Å². The number of halogens is 2. The molecule has 1 aliphatic heterocycles. The van der Waals surface area contributed by atoms with Crippen LogP contribution < -0.4 is 5.32 Å². The molecule has 1 fully saturated rings. The molecule has 35 heavy (non-hydrogen) atoms. The predicted molar refractivity (Wildman–Crippen MR) is 138 cm³/mol. The molecule has 0 radical (unpaired) electrons. The SMILES string of the molecule is O=C(NCc1nn(C2CCCCO2)c2ccc(Cl)cc12)c1cncc(Cc2ccc(CCl)cc2)c1. The number of carbonyl (C=O) groups excluding carboxylic acids is 1. The summed E-state index contributed by atoms with van der Waals surface area (Å²) in [5, 5.41) is 9.34. The normalized spacial score (nSPS) is 15.9. The lowest BCUT2D eigenvalue weighted by Crippen LogP contribution is -2.24. The summed E-state index contributed by atoms with van der Waals surface area (Å²) in [5.74, 6) is 0.292. The molecule has 1 N–H and O–H groups in total. The van der Waals surface area contributed by atoms with Crippen LogP contribution in [0.4, 0.5) is 0 Å². The molecule has 3 heterocycles. The lowest BCUT2D eigenvalue weighted by molar-refractivity contribution is -0.0369. The highest BCUT2D eigenvalue weighted by Gasteiger charge is 2.21. The van der Waals surface area contributed by atoms with E-state index in [1.165, 1.54) is 0 Å². The minimum atomic E-state index is -0.199. The highest BCUT2D eigenvalue weighted by Crippen LogP contribution is 2.29. The van der Waals surface area contributed by atoms with Gasteiger partial charge in [-0.15, -0.1) is 11.6 Å². The number of alkyl halides is 1. The van der Waals surface area contributed by atoms with Gasteiger partial charge in [0.15, 0.2) is 6.23 Å². The minimum absolute atomic E-state index is 0.101. The standard InChI is InChI=1S/C27H26Cl2N4O2/c28-14-19-6-4-18(5-7-19)11-20-12-21(16-30-15-20)27(34)31-17-24-23-13-22(29)8-9-25(23)33(32-24)26-3-1-2-10-35-26/h4-9,12-13,15-16,26H,1-3,10-11,14,17H2,(H,31,34). The molecule has 1 unspecified atom stereocenters. The largest absolute Gasteiger partial charge is 0.356 e. The Kier molecular flexibility index (Phi) is 7.32. The van der Waals surface area contributed by atoms with Crippen molar-refractivity contribution in [2.75, 3.05) is 6.61 Å². The first-order valence-electron chi connectivity index (χ1n) is 11.7. The van der Waals surface area contributed by atoms with Gasteiger partial charge in [0.2, 0.25) is 0 Å². The van der Waals surface area contributed by atoms with Crippen LogP contribution in [-0.2, 0) is 23.6 Å². The molecule has 180 valence electrons. The molecule has 8 heteroatoms. The number of benzene rings is 2. The number of nitrogens with zero attached hydrogens (tertiary/aromatic N) is 3. The molecule has 5 rings (SSSR count). The predicted octanol–water partition coefficient (Wildman–Crippen LogP) is 6.04. The van der Waals surface area contributed by atoms with Crippen LogP contribution in [0.15, 0.2) is 60.9 Å². The maximum atomic E-state index is 13.0. The fraction of sp³-hybridized carbons (Fsp3) is 0.296. The summed E-state index contributed by atoms with van der Waals surface area (Å²) in [4.78, 5) is 17.2. The molecule has 0 bridgehead atoms. The number of fused-ring (bicyclic) bond motifs is 1. The van der Waals surface area contributed by atoms with Crippen molar-refractivity contribution in [3.63, 3.8) is 0 Å². The van der Waals surface area contributed by atoms with Crippen LogP contribution in [0.2, 0.25) is 5.02 Å². The Labute approximate surface area is 214 Å². The maximum Gasteiger partial charge on any atom is 0.253 e. The number of rotatable bonds is 7. The number of hydrogen-bond acceptors (Lipinski definition) is 4. The second kappa shape index (κ2) is 10.8. The van der Waals surface area contributed by atoms with Crippen LogP contribution in [0.3, 0.4) is 0 Å². The summed E-state index contributed by atoms with van der Waals surface area (Å²) in [5.41, 5.74) is 5.40. The first kappa shape index (κ1) is 23.8. The van der Waals surface area contributed by atoms with Crippen molar-refractivity contribution in [1.82, 2.24) is 20.1 Å². The number of amides is 1. The Morgan fingerprint density at radius 3 is 2.66 bits per heavy atom. The number of hydrogen-bond donors (Lipinski definition) is 1. The second-order valence-electron chi connectivity index (χ2n) is 8.77. The van der Waals surface area contributed by atoms with Crippen LogP contribution in [0.25, 0.3) is 10.9 Å². The van der Waals surface area contributed by atoms with Gasteiger partial charge in [-0.05, 0) is 66.6 Å². The Bertz CT molecular complexity index is 1330. The fourth-order valence-electron chi connectivity index (χ4n) is 4.40. The number of nitrogens with one attached hydrogen (secondary N) is 1. The minimum Gasteiger partial charge on any atom is -0.356 e. The van der Waals surface area contributed by atoms with Crippen LogP contribution >= 0.6 is 23.2 Å². The highest BCUT2D eigenvalue weighted by molar-refractivity contribution is 6.31. The zero-order chi connectivity index (χ0) is 24.2. The number of pyridine rings is 1. The van der Waals surface area contributed by atoms with E-state index in [9.17, 15) is 4.79 Å². The lowest BCUT2D eigenvalue weighted by atomic mass is 10.0. The van der Waals surface area contributed by atoms with Gasteiger partial charge in [0, 0.05) is 35.3 Å². The molecule has 0 saturated carbocycles. The molecular formula is C27H26Cl2N4O2. The zero-order valence-electron chi connectivity index (χ0n) is 19.2. The van der Waals surface area contributed by atoms with Crippen molar-refractivity contribution in [3.05, 3.63) is 93.9 Å². The molecule has 0 spiro atoms. The lowest BCUT2D eigenvalue weighted by Gasteiger charge is -2.23. The van der Waals surface area contributed by atoms with Gasteiger partial charge in [-0.2, -0.15) is 5.10 Å². The van der Waals surface area contributed by atoms with Gasteiger partial charge in [0.05, 0.1) is 23.3 Å². The highest BCUT2D eigenvalue weighted by atomic mass is 35.5. The smallest absolute Gasteiger partial charge is 0.253 e. The first-order valence-corrected chi connectivity index (χ1v) is 12.7. The first-order chi connectivity index (χ1) is 17.1. The Morgan fingerprint density at radius 2 is 1.89 bits per heavy atom. The van der Waals surface area contributed by atoms with Crippen molar-refractivity contribution in [2.45, 2.75) is 44.3 Å². The van der Waals surface area contributed by atoms with E-state index in [0.717, 1.165) is 59.2 Å². The van der Waals surface area contributed by atoms with E-state index in [1.54, 1.807) is 12.4 Å². The van der Waals surface area contributed by atoms with Gasteiger partial charge in [-0.3, -0.25) is 9.78 Å². The number of ether oxygens (including phenoxy) is 1. The molecule has 6 nitrogen and oxygen atoms in total. The van der Waals surface area contributed by atoms with Gasteiger partial charge < -0.3 is 10.1 Å². The van der Waals surface area contributed by atoms with Crippen LogP contribution in [0.1, 0.15) is 58.2 Å². The van der Waals surface area contributed by atoms with E-state index >= 15 is 0 Å². The molecule has 2 aromatic carbocycles. The van der Waals surface area contributed by atoms with Crippen molar-refractivity contribution in [2.24, 2.45) is 0 Å². The van der Waals surface area contributed by atoms with E-state index in [4.69, 9.17) is 33.0 Å².